The minimum absolute atomic E-state index is 0.533. The van der Waals surface area contributed by atoms with E-state index in [0.717, 1.165) is 28.3 Å². The molecule has 2 nitrogen and oxygen atoms in total. The number of fused-ring (bicyclic) bond motifs is 8. The van der Waals surface area contributed by atoms with Crippen LogP contribution in [0.5, 0.6) is 0 Å². The molecule has 0 amide bonds. The Hall–Kier alpha value is -8.72. The van der Waals surface area contributed by atoms with Crippen LogP contribution in [0.25, 0.3) is 71.6 Å². The van der Waals surface area contributed by atoms with Crippen molar-refractivity contribution in [1.29, 1.82) is 0 Å². The van der Waals surface area contributed by atoms with E-state index in [1.165, 1.54) is 82.7 Å². The second-order valence-corrected chi connectivity index (χ2v) is 17.6. The lowest BCUT2D eigenvalue weighted by Gasteiger charge is -2.35. The van der Waals surface area contributed by atoms with Crippen LogP contribution in [0.4, 0.5) is 17.1 Å². The molecule has 67 heavy (non-hydrogen) atoms. The monoisotopic (exact) mass is 852 g/mol. The summed E-state index contributed by atoms with van der Waals surface area (Å²) < 4.78 is 2.49. The minimum Gasteiger partial charge on any atom is -0.310 e. The lowest BCUT2D eigenvalue weighted by molar-refractivity contribution is 0.768. The quantitative estimate of drug-likeness (QED) is 0.148. The van der Waals surface area contributed by atoms with Gasteiger partial charge in [0.1, 0.15) is 0 Å². The zero-order valence-corrected chi connectivity index (χ0v) is 36.8. The van der Waals surface area contributed by atoms with Gasteiger partial charge in [-0.3, -0.25) is 0 Å². The largest absolute Gasteiger partial charge is 0.310 e. The Kier molecular flexibility index (Phi) is 9.11. The van der Waals surface area contributed by atoms with Gasteiger partial charge in [0.05, 0.1) is 16.4 Å². The fourth-order valence-corrected chi connectivity index (χ4v) is 11.1. The fraction of sp³-hybridized carbons (Fsp3) is 0.0154. The molecule has 0 radical (unpaired) electrons. The summed E-state index contributed by atoms with van der Waals surface area (Å²) in [4.78, 5) is 2.46. The van der Waals surface area contributed by atoms with Crippen molar-refractivity contribution in [3.63, 3.8) is 0 Å². The first-order valence-corrected chi connectivity index (χ1v) is 23.2. The van der Waals surface area contributed by atoms with Crippen molar-refractivity contribution in [2.24, 2.45) is 0 Å². The first-order chi connectivity index (χ1) is 33.2. The third-order valence-corrected chi connectivity index (χ3v) is 14.0. The normalized spacial score (nSPS) is 12.6. The standard InChI is InChI=1S/C65H44N2/c1-5-18-45(19-6-1)47-32-35-52(36-33-47)66(54-37-40-58-57-30-15-16-31-61(57)65(62(58)43-54,50-24-9-3-10-25-50)51-26-11-4-12-27-51)55-38-41-59-60-39-34-48-22-13-14-29-56(48)64(60)67(63(59)44-55)53-28-17-23-49(42-53)46-20-7-2-8-21-46/h1-44H. The van der Waals surface area contributed by atoms with E-state index in [-0.39, 0.29) is 0 Å². The van der Waals surface area contributed by atoms with Crippen LogP contribution in [0.2, 0.25) is 0 Å². The minimum atomic E-state index is -0.533. The Bertz CT molecular complexity index is 3740. The summed E-state index contributed by atoms with van der Waals surface area (Å²) in [5, 5.41) is 4.89. The molecule has 12 aromatic rings. The molecule has 0 aliphatic heterocycles. The van der Waals surface area contributed by atoms with Gasteiger partial charge in [-0.25, -0.2) is 0 Å². The van der Waals surface area contributed by atoms with E-state index in [1.807, 2.05) is 0 Å². The highest BCUT2D eigenvalue weighted by atomic mass is 15.1. The summed E-state index contributed by atoms with van der Waals surface area (Å²) in [5.74, 6) is 0. The van der Waals surface area contributed by atoms with E-state index in [4.69, 9.17) is 0 Å². The first kappa shape index (κ1) is 38.7. The van der Waals surface area contributed by atoms with Crippen molar-refractivity contribution in [2.75, 3.05) is 4.90 Å². The molecule has 0 N–H and O–H groups in total. The highest BCUT2D eigenvalue weighted by Crippen LogP contribution is 2.57. The van der Waals surface area contributed by atoms with Gasteiger partial charge in [-0.05, 0) is 110 Å². The summed E-state index contributed by atoms with van der Waals surface area (Å²) >= 11 is 0. The third-order valence-electron chi connectivity index (χ3n) is 14.0. The van der Waals surface area contributed by atoms with Crippen molar-refractivity contribution in [1.82, 2.24) is 4.57 Å². The maximum absolute atomic E-state index is 2.49. The maximum Gasteiger partial charge on any atom is 0.0714 e. The van der Waals surface area contributed by atoms with Gasteiger partial charge in [-0.1, -0.05) is 218 Å². The van der Waals surface area contributed by atoms with Gasteiger partial charge < -0.3 is 9.47 Å². The van der Waals surface area contributed by atoms with Crippen LogP contribution < -0.4 is 4.90 Å². The number of benzene rings is 11. The van der Waals surface area contributed by atoms with Crippen molar-refractivity contribution in [3.8, 4) is 39.1 Å². The van der Waals surface area contributed by atoms with Gasteiger partial charge in [0, 0.05) is 38.9 Å². The average molecular weight is 853 g/mol. The summed E-state index contributed by atoms with van der Waals surface area (Å²) in [6.45, 7) is 0. The lowest BCUT2D eigenvalue weighted by Crippen LogP contribution is -2.28. The van der Waals surface area contributed by atoms with Gasteiger partial charge in [0.15, 0.2) is 0 Å². The predicted octanol–water partition coefficient (Wildman–Crippen LogP) is 17.1. The van der Waals surface area contributed by atoms with Crippen molar-refractivity contribution < 1.29 is 0 Å². The van der Waals surface area contributed by atoms with Crippen LogP contribution in [0.15, 0.2) is 267 Å². The zero-order chi connectivity index (χ0) is 44.3. The number of hydrogen-bond acceptors (Lipinski definition) is 1. The highest BCUT2D eigenvalue weighted by molar-refractivity contribution is 6.19. The molecule has 0 bridgehead atoms. The van der Waals surface area contributed by atoms with E-state index < -0.39 is 5.41 Å². The molecule has 0 atom stereocenters. The summed E-state index contributed by atoms with van der Waals surface area (Å²) in [5.41, 5.74) is 18.6. The second-order valence-electron chi connectivity index (χ2n) is 17.6. The van der Waals surface area contributed by atoms with Gasteiger partial charge in [-0.2, -0.15) is 0 Å². The van der Waals surface area contributed by atoms with E-state index in [0.29, 0.717) is 0 Å². The van der Waals surface area contributed by atoms with E-state index >= 15 is 0 Å². The number of aromatic nitrogens is 1. The van der Waals surface area contributed by atoms with Crippen LogP contribution in [-0.2, 0) is 5.41 Å². The summed E-state index contributed by atoms with van der Waals surface area (Å²) in [6.07, 6.45) is 0. The summed E-state index contributed by atoms with van der Waals surface area (Å²) in [6, 6.07) is 98.2. The molecular weight excluding hydrogens is 809 g/mol. The molecular formula is C65H44N2. The number of nitrogens with zero attached hydrogens (tertiary/aromatic N) is 2. The molecule has 0 fully saturated rings. The molecule has 314 valence electrons. The van der Waals surface area contributed by atoms with Gasteiger partial charge in [-0.15, -0.1) is 0 Å². The average Bonchev–Trinajstić information content (AvgIpc) is 3.90. The molecule has 1 aromatic heterocycles. The molecule has 1 aliphatic rings. The fourth-order valence-electron chi connectivity index (χ4n) is 11.1. The Morgan fingerprint density at radius 2 is 0.851 bits per heavy atom. The molecule has 2 heteroatoms. The molecule has 1 heterocycles. The smallest absolute Gasteiger partial charge is 0.0714 e. The van der Waals surface area contributed by atoms with Gasteiger partial charge in [0.25, 0.3) is 0 Å². The Morgan fingerprint density at radius 3 is 1.58 bits per heavy atom. The number of rotatable bonds is 8. The molecule has 1 aliphatic carbocycles. The molecule has 13 rings (SSSR count). The Balaban J connectivity index is 1.08. The van der Waals surface area contributed by atoms with Crippen LogP contribution in [0, 0.1) is 0 Å². The first-order valence-electron chi connectivity index (χ1n) is 23.2. The van der Waals surface area contributed by atoms with Crippen LogP contribution in [0.1, 0.15) is 22.3 Å². The maximum atomic E-state index is 2.49. The molecule has 0 spiro atoms. The Labute approximate surface area is 390 Å². The SMILES string of the molecule is c1ccc(-c2ccc(N(c3ccc4c(c3)C(c3ccccc3)(c3ccccc3)c3ccccc3-4)c3ccc4c5ccc6ccccc6c5n(-c5cccc(-c6ccccc6)c5)c4c3)cc2)cc1. The van der Waals surface area contributed by atoms with Crippen molar-refractivity contribution in [2.45, 2.75) is 5.41 Å². The molecule has 0 saturated heterocycles. The number of anilines is 3. The van der Waals surface area contributed by atoms with Gasteiger partial charge in [0.2, 0.25) is 0 Å². The van der Waals surface area contributed by atoms with E-state index in [2.05, 4.69) is 276 Å². The van der Waals surface area contributed by atoms with Gasteiger partial charge >= 0.3 is 0 Å². The summed E-state index contributed by atoms with van der Waals surface area (Å²) in [7, 11) is 0. The molecule has 0 saturated carbocycles. The lowest BCUT2D eigenvalue weighted by atomic mass is 9.67. The number of hydrogen-bond donors (Lipinski definition) is 0. The van der Waals surface area contributed by atoms with E-state index in [1.54, 1.807) is 0 Å². The third kappa shape index (κ3) is 6.18. The topological polar surface area (TPSA) is 8.17 Å². The van der Waals surface area contributed by atoms with Crippen molar-refractivity contribution in [3.05, 3.63) is 289 Å². The predicted molar refractivity (Wildman–Crippen MR) is 281 cm³/mol. The van der Waals surface area contributed by atoms with Crippen molar-refractivity contribution >= 4 is 49.6 Å². The van der Waals surface area contributed by atoms with Crippen LogP contribution in [-0.4, -0.2) is 4.57 Å². The zero-order valence-electron chi connectivity index (χ0n) is 36.8. The molecule has 0 unspecified atom stereocenters. The second kappa shape index (κ2) is 15.8. The highest BCUT2D eigenvalue weighted by Gasteiger charge is 2.46. The molecule has 11 aromatic carbocycles. The van der Waals surface area contributed by atoms with Crippen LogP contribution >= 0.6 is 0 Å². The van der Waals surface area contributed by atoms with E-state index in [9.17, 15) is 0 Å². The van der Waals surface area contributed by atoms with Crippen LogP contribution in [0.3, 0.4) is 0 Å². The Morgan fingerprint density at radius 1 is 0.313 bits per heavy atom.